The van der Waals surface area contributed by atoms with Gasteiger partial charge >= 0.3 is 0 Å². The molecule has 4 aromatic rings. The van der Waals surface area contributed by atoms with Crippen molar-refractivity contribution in [2.24, 2.45) is 0 Å². The highest BCUT2D eigenvalue weighted by Gasteiger charge is 2.05. The van der Waals surface area contributed by atoms with Gasteiger partial charge in [-0.15, -0.1) is 6.42 Å². The van der Waals surface area contributed by atoms with Crippen LogP contribution in [0.25, 0.3) is 21.5 Å². The van der Waals surface area contributed by atoms with E-state index in [0.717, 1.165) is 44.8 Å². The van der Waals surface area contributed by atoms with E-state index in [1.807, 2.05) is 24.3 Å². The lowest BCUT2D eigenvalue weighted by atomic mass is 9.98. The number of unbranched alkanes of at least 4 members (excludes halogenated alkanes) is 8. The number of hydrogen-bond acceptors (Lipinski definition) is 0. The first-order valence-electron chi connectivity index (χ1n) is 13.3. The van der Waals surface area contributed by atoms with Crippen molar-refractivity contribution >= 4 is 21.5 Å². The van der Waals surface area contributed by atoms with Gasteiger partial charge in [-0.05, 0) is 52.2 Å². The van der Waals surface area contributed by atoms with Crippen LogP contribution in [-0.4, -0.2) is 0 Å². The van der Waals surface area contributed by atoms with Gasteiger partial charge in [0.15, 0.2) is 0 Å². The first-order chi connectivity index (χ1) is 17.8. The highest BCUT2D eigenvalue weighted by Crippen LogP contribution is 2.24. The Morgan fingerprint density at radius 3 is 1.42 bits per heavy atom. The van der Waals surface area contributed by atoms with Crippen LogP contribution in [0, 0.1) is 36.0 Å². The number of terminal acetylenes is 1. The average Bonchev–Trinajstić information content (AvgIpc) is 2.93. The first-order valence-corrected chi connectivity index (χ1v) is 13.3. The van der Waals surface area contributed by atoms with Gasteiger partial charge in [0.05, 0.1) is 0 Å². The van der Waals surface area contributed by atoms with E-state index in [0.29, 0.717) is 0 Å². The van der Waals surface area contributed by atoms with Crippen LogP contribution in [0.4, 0.5) is 0 Å². The molecule has 0 aliphatic rings. The second-order valence-electron chi connectivity index (χ2n) is 9.33. The number of hydrogen-bond donors (Lipinski definition) is 0. The Morgan fingerprint density at radius 2 is 0.917 bits per heavy atom. The Morgan fingerprint density at radius 1 is 0.500 bits per heavy atom. The van der Waals surface area contributed by atoms with E-state index in [4.69, 9.17) is 6.42 Å². The fourth-order valence-electron chi connectivity index (χ4n) is 4.69. The summed E-state index contributed by atoms with van der Waals surface area (Å²) in [5.41, 5.74) is 3.99. The molecule has 4 rings (SSSR count). The van der Waals surface area contributed by atoms with Crippen LogP contribution in [0.2, 0.25) is 0 Å². The van der Waals surface area contributed by atoms with Crippen molar-refractivity contribution in [2.75, 3.05) is 0 Å². The molecule has 0 spiro atoms. The van der Waals surface area contributed by atoms with Crippen LogP contribution in [0.5, 0.6) is 0 Å². The van der Waals surface area contributed by atoms with E-state index in [9.17, 15) is 0 Å². The summed E-state index contributed by atoms with van der Waals surface area (Å²) in [7, 11) is 0. The summed E-state index contributed by atoms with van der Waals surface area (Å²) < 4.78 is 0. The van der Waals surface area contributed by atoms with Gasteiger partial charge in [0.1, 0.15) is 0 Å². The van der Waals surface area contributed by atoms with Crippen LogP contribution in [-0.2, 0) is 0 Å². The molecular formula is C36H34. The second kappa shape index (κ2) is 13.2. The van der Waals surface area contributed by atoms with Gasteiger partial charge in [-0.1, -0.05) is 130 Å². The number of benzene rings is 4. The summed E-state index contributed by atoms with van der Waals surface area (Å²) >= 11 is 0. The van der Waals surface area contributed by atoms with Crippen molar-refractivity contribution in [1.29, 1.82) is 0 Å². The van der Waals surface area contributed by atoms with Gasteiger partial charge < -0.3 is 0 Å². The largest absolute Gasteiger partial charge is 0.115 e. The summed E-state index contributed by atoms with van der Waals surface area (Å²) in [4.78, 5) is 0. The summed E-state index contributed by atoms with van der Waals surface area (Å²) in [5.74, 6) is 16.4. The maximum Gasteiger partial charge on any atom is 0.0328 e. The SMILES string of the molecule is C#Cc1ccc(C#Cc2ccc(C#CCCCCCCCCCC)c3ccccc23)c2ccccc12. The molecule has 0 nitrogen and oxygen atoms in total. The fourth-order valence-corrected chi connectivity index (χ4v) is 4.69. The van der Waals surface area contributed by atoms with Crippen LogP contribution in [0.3, 0.4) is 0 Å². The van der Waals surface area contributed by atoms with Crippen molar-refractivity contribution < 1.29 is 0 Å². The Bertz CT molecular complexity index is 1490. The standard InChI is InChI=1S/C36H34/c1-3-5-6-7-8-9-10-11-12-13-18-30-25-26-32(36-22-17-16-20-34(30)36)28-27-31-24-23-29(4-2)33-19-14-15-21-35(31)33/h2,14-17,19-26H,3,5-12H2,1H3. The van der Waals surface area contributed by atoms with Gasteiger partial charge in [-0.3, -0.25) is 0 Å². The fraction of sp³-hybridized carbons (Fsp3) is 0.278. The lowest BCUT2D eigenvalue weighted by Crippen LogP contribution is -1.87. The highest BCUT2D eigenvalue weighted by molar-refractivity contribution is 5.95. The van der Waals surface area contributed by atoms with Crippen molar-refractivity contribution in [1.82, 2.24) is 0 Å². The van der Waals surface area contributed by atoms with Crippen molar-refractivity contribution in [3.05, 3.63) is 95.1 Å². The maximum atomic E-state index is 5.70. The summed E-state index contributed by atoms with van der Waals surface area (Å²) in [6.07, 6.45) is 17.3. The molecule has 0 bridgehead atoms. The minimum absolute atomic E-state index is 0.900. The molecule has 0 saturated carbocycles. The third kappa shape index (κ3) is 6.39. The first kappa shape index (κ1) is 25.2. The molecule has 0 N–H and O–H groups in total. The molecule has 0 heteroatoms. The lowest BCUT2D eigenvalue weighted by molar-refractivity contribution is 0.579. The van der Waals surface area contributed by atoms with Crippen molar-refractivity contribution in [3.8, 4) is 36.0 Å². The summed E-state index contributed by atoms with van der Waals surface area (Å²) in [5, 5.41) is 4.47. The van der Waals surface area contributed by atoms with Crippen LogP contribution < -0.4 is 0 Å². The van der Waals surface area contributed by atoms with Crippen molar-refractivity contribution in [2.45, 2.75) is 64.7 Å². The third-order valence-corrected chi connectivity index (χ3v) is 6.71. The zero-order valence-electron chi connectivity index (χ0n) is 21.4. The van der Waals surface area contributed by atoms with E-state index in [1.54, 1.807) is 0 Å². The predicted octanol–water partition coefficient (Wildman–Crippen LogP) is 9.26. The highest BCUT2D eigenvalue weighted by atomic mass is 14.1. The normalized spacial score (nSPS) is 10.3. The molecule has 0 saturated heterocycles. The van der Waals surface area contributed by atoms with E-state index in [1.165, 1.54) is 56.8 Å². The van der Waals surface area contributed by atoms with E-state index < -0.39 is 0 Å². The van der Waals surface area contributed by atoms with Gasteiger partial charge in [-0.25, -0.2) is 0 Å². The molecule has 0 aromatic heterocycles. The molecular weight excluding hydrogens is 432 g/mol. The molecule has 0 unspecified atom stereocenters. The van der Waals surface area contributed by atoms with Gasteiger partial charge in [-0.2, -0.15) is 0 Å². The molecule has 0 aliphatic carbocycles. The number of rotatable bonds is 8. The molecule has 36 heavy (non-hydrogen) atoms. The summed E-state index contributed by atoms with van der Waals surface area (Å²) in [6, 6.07) is 24.9. The quantitative estimate of drug-likeness (QED) is 0.179. The monoisotopic (exact) mass is 466 g/mol. The minimum Gasteiger partial charge on any atom is -0.115 e. The lowest BCUT2D eigenvalue weighted by Gasteiger charge is -2.05. The molecule has 0 atom stereocenters. The Kier molecular flexibility index (Phi) is 9.26. The van der Waals surface area contributed by atoms with Crippen LogP contribution in [0.15, 0.2) is 72.8 Å². The molecule has 178 valence electrons. The Labute approximate surface area is 217 Å². The molecule has 0 fully saturated rings. The molecule has 0 heterocycles. The van der Waals surface area contributed by atoms with Crippen LogP contribution in [0.1, 0.15) is 87.0 Å². The van der Waals surface area contributed by atoms with E-state index in [-0.39, 0.29) is 0 Å². The van der Waals surface area contributed by atoms with Crippen LogP contribution >= 0.6 is 0 Å². The topological polar surface area (TPSA) is 0 Å². The average molecular weight is 467 g/mol. The molecule has 4 aromatic carbocycles. The molecule has 0 radical (unpaired) electrons. The van der Waals surface area contributed by atoms with E-state index >= 15 is 0 Å². The number of fused-ring (bicyclic) bond motifs is 2. The van der Waals surface area contributed by atoms with Gasteiger partial charge in [0, 0.05) is 28.7 Å². The molecule has 0 aliphatic heterocycles. The zero-order valence-corrected chi connectivity index (χ0v) is 21.4. The molecule has 0 amide bonds. The Balaban J connectivity index is 1.49. The summed E-state index contributed by atoms with van der Waals surface area (Å²) in [6.45, 7) is 2.27. The smallest absolute Gasteiger partial charge is 0.0328 e. The van der Waals surface area contributed by atoms with Crippen molar-refractivity contribution in [3.63, 3.8) is 0 Å². The predicted molar refractivity (Wildman–Crippen MR) is 156 cm³/mol. The van der Waals surface area contributed by atoms with E-state index in [2.05, 4.69) is 85.1 Å². The maximum absolute atomic E-state index is 5.70. The van der Waals surface area contributed by atoms with Gasteiger partial charge in [0.2, 0.25) is 0 Å². The minimum atomic E-state index is 0.900. The Hall–Kier alpha value is -3.92. The van der Waals surface area contributed by atoms with Gasteiger partial charge in [0.25, 0.3) is 0 Å². The second-order valence-corrected chi connectivity index (χ2v) is 9.33. The third-order valence-electron chi connectivity index (χ3n) is 6.71. The zero-order chi connectivity index (χ0) is 25.0.